The molecule has 0 saturated heterocycles. The maximum absolute atomic E-state index is 12.2. The molecule has 0 N–H and O–H groups in total. The van der Waals surface area contributed by atoms with Gasteiger partial charge in [-0.2, -0.15) is 0 Å². The van der Waals surface area contributed by atoms with Gasteiger partial charge in [-0.05, 0) is 18.2 Å². The van der Waals surface area contributed by atoms with Gasteiger partial charge in [0.15, 0.2) is 5.69 Å². The quantitative estimate of drug-likeness (QED) is 0.272. The average Bonchev–Trinajstić information content (AvgIpc) is 2.69. The summed E-state index contributed by atoms with van der Waals surface area (Å²) in [6.45, 7) is 0. The number of hydrogen-bond donors (Lipinski definition) is 0. The first kappa shape index (κ1) is 21.5. The highest BCUT2D eigenvalue weighted by Crippen LogP contribution is 2.42. The summed E-state index contributed by atoms with van der Waals surface area (Å²) in [5, 5.41) is 1.42. The number of methoxy groups -OCH3 is 1. The van der Waals surface area contributed by atoms with Gasteiger partial charge in [-0.1, -0.05) is 81.7 Å². The Kier molecular flexibility index (Phi) is 6.65. The molecule has 0 spiro atoms. The van der Waals surface area contributed by atoms with Crippen LogP contribution in [0.2, 0.25) is 30.1 Å². The van der Waals surface area contributed by atoms with Crippen molar-refractivity contribution in [2.45, 2.75) is 0 Å². The summed E-state index contributed by atoms with van der Waals surface area (Å²) in [6.07, 6.45) is 1.48. The largest absolute Gasteiger partial charge is 0.464 e. The van der Waals surface area contributed by atoms with E-state index in [0.29, 0.717) is 27.3 Å². The van der Waals surface area contributed by atoms with Crippen molar-refractivity contribution in [1.29, 1.82) is 0 Å². The summed E-state index contributed by atoms with van der Waals surface area (Å²) < 4.78 is 4.83. The molecule has 1 aromatic heterocycles. The molecule has 0 unspecified atom stereocenters. The number of nitrogens with zero attached hydrogens (tertiary/aromatic N) is 1. The number of hydrogen-bond acceptors (Lipinski definition) is 3. The van der Waals surface area contributed by atoms with E-state index in [1.54, 1.807) is 30.3 Å². The molecule has 3 aromatic rings. The van der Waals surface area contributed by atoms with Crippen LogP contribution >= 0.6 is 69.6 Å². The van der Waals surface area contributed by atoms with Crippen LogP contribution in [0, 0.1) is 0 Å². The van der Waals surface area contributed by atoms with Gasteiger partial charge in [0.05, 0.1) is 37.2 Å². The second-order valence-electron chi connectivity index (χ2n) is 5.56. The molecular weight excluding hydrogens is 487 g/mol. The van der Waals surface area contributed by atoms with Gasteiger partial charge in [-0.15, -0.1) is 0 Å². The fourth-order valence-corrected chi connectivity index (χ4v) is 3.84. The zero-order valence-electron chi connectivity index (χ0n) is 14.0. The van der Waals surface area contributed by atoms with Gasteiger partial charge in [0.25, 0.3) is 0 Å². The van der Waals surface area contributed by atoms with Gasteiger partial charge in [-0.25, -0.2) is 9.78 Å². The molecule has 0 bridgehead atoms. The van der Waals surface area contributed by atoms with Crippen molar-refractivity contribution in [1.82, 2.24) is 4.98 Å². The Bertz CT molecular complexity index is 1100. The van der Waals surface area contributed by atoms with E-state index in [0.717, 1.165) is 0 Å². The number of ether oxygens (including phenoxy) is 1. The van der Waals surface area contributed by atoms with Crippen molar-refractivity contribution in [3.63, 3.8) is 0 Å². The third-order valence-electron chi connectivity index (χ3n) is 3.94. The SMILES string of the molecule is COC(=O)c1ncc(-c2ccc(Cl)c(Cl)c2Cl)cc1-c1ccc(Cl)c(Cl)c1Cl. The van der Waals surface area contributed by atoms with Gasteiger partial charge in [0.1, 0.15) is 0 Å². The first-order chi connectivity index (χ1) is 13.3. The highest BCUT2D eigenvalue weighted by Gasteiger charge is 2.21. The summed E-state index contributed by atoms with van der Waals surface area (Å²) in [4.78, 5) is 16.5. The topological polar surface area (TPSA) is 39.2 Å². The van der Waals surface area contributed by atoms with E-state index >= 15 is 0 Å². The van der Waals surface area contributed by atoms with E-state index in [1.165, 1.54) is 13.3 Å². The molecule has 0 fully saturated rings. The minimum absolute atomic E-state index is 0.0581. The lowest BCUT2D eigenvalue weighted by atomic mass is 9.98. The highest BCUT2D eigenvalue weighted by molar-refractivity contribution is 6.50. The summed E-state index contributed by atoms with van der Waals surface area (Å²) in [6, 6.07) is 8.22. The van der Waals surface area contributed by atoms with Crippen LogP contribution in [0.3, 0.4) is 0 Å². The van der Waals surface area contributed by atoms with Crippen LogP contribution in [-0.4, -0.2) is 18.1 Å². The lowest BCUT2D eigenvalue weighted by Gasteiger charge is -2.14. The molecule has 0 radical (unpaired) electrons. The van der Waals surface area contributed by atoms with E-state index in [4.69, 9.17) is 74.3 Å². The number of aromatic nitrogens is 1. The third kappa shape index (κ3) is 3.93. The maximum atomic E-state index is 12.2. The van der Waals surface area contributed by atoms with E-state index in [2.05, 4.69) is 4.98 Å². The molecule has 144 valence electrons. The number of esters is 1. The van der Waals surface area contributed by atoms with Crippen LogP contribution in [0.25, 0.3) is 22.3 Å². The lowest BCUT2D eigenvalue weighted by molar-refractivity contribution is 0.0595. The number of pyridine rings is 1. The molecule has 0 atom stereocenters. The first-order valence-electron chi connectivity index (χ1n) is 7.62. The molecule has 0 aliphatic rings. The zero-order valence-corrected chi connectivity index (χ0v) is 18.5. The van der Waals surface area contributed by atoms with E-state index in [9.17, 15) is 4.79 Å². The van der Waals surface area contributed by atoms with Crippen LogP contribution in [0.15, 0.2) is 36.5 Å². The van der Waals surface area contributed by atoms with Crippen LogP contribution in [-0.2, 0) is 4.74 Å². The number of carbonyl (C=O) groups is 1. The Hall–Kier alpha value is -1.20. The third-order valence-corrected chi connectivity index (χ3v) is 6.53. The molecule has 0 saturated carbocycles. The number of carbonyl (C=O) groups excluding carboxylic acids is 1. The van der Waals surface area contributed by atoms with Gasteiger partial charge in [0, 0.05) is 28.5 Å². The van der Waals surface area contributed by atoms with Crippen LogP contribution < -0.4 is 0 Å². The average molecular weight is 496 g/mol. The summed E-state index contributed by atoms with van der Waals surface area (Å²) in [5.41, 5.74) is 2.09. The Balaban J connectivity index is 2.29. The Morgan fingerprint density at radius 3 is 1.89 bits per heavy atom. The molecule has 3 nitrogen and oxygen atoms in total. The van der Waals surface area contributed by atoms with Crippen molar-refractivity contribution in [3.8, 4) is 22.3 Å². The minimum Gasteiger partial charge on any atom is -0.464 e. The number of halogens is 6. The Morgan fingerprint density at radius 1 is 0.786 bits per heavy atom. The second-order valence-corrected chi connectivity index (χ2v) is 7.88. The fraction of sp³-hybridized carbons (Fsp3) is 0.0526. The molecule has 28 heavy (non-hydrogen) atoms. The van der Waals surface area contributed by atoms with Gasteiger partial charge in [0.2, 0.25) is 0 Å². The van der Waals surface area contributed by atoms with Crippen molar-refractivity contribution in [2.24, 2.45) is 0 Å². The van der Waals surface area contributed by atoms with Crippen molar-refractivity contribution < 1.29 is 9.53 Å². The lowest BCUT2D eigenvalue weighted by Crippen LogP contribution is -2.07. The highest BCUT2D eigenvalue weighted by atomic mass is 35.5. The zero-order chi connectivity index (χ0) is 20.6. The van der Waals surface area contributed by atoms with E-state index < -0.39 is 5.97 Å². The number of rotatable bonds is 3. The van der Waals surface area contributed by atoms with Crippen LogP contribution in [0.1, 0.15) is 10.5 Å². The van der Waals surface area contributed by atoms with Gasteiger partial charge < -0.3 is 4.74 Å². The van der Waals surface area contributed by atoms with Crippen LogP contribution in [0.4, 0.5) is 0 Å². The predicted octanol–water partition coefficient (Wildman–Crippen LogP) is 8.12. The van der Waals surface area contributed by atoms with Gasteiger partial charge in [-0.3, -0.25) is 0 Å². The van der Waals surface area contributed by atoms with Gasteiger partial charge >= 0.3 is 5.97 Å². The van der Waals surface area contributed by atoms with Crippen molar-refractivity contribution >= 4 is 75.6 Å². The van der Waals surface area contributed by atoms with E-state index in [1.807, 2.05) is 0 Å². The summed E-state index contributed by atoms with van der Waals surface area (Å²) >= 11 is 37.0. The van der Waals surface area contributed by atoms with Crippen molar-refractivity contribution in [2.75, 3.05) is 7.11 Å². The molecular formula is C19H9Cl6NO2. The smallest absolute Gasteiger partial charge is 0.357 e. The standard InChI is InChI=1S/C19H9Cl6NO2/c1-28-19(27)18-11(10-3-5-13(21)17(25)15(10)23)6-8(7-26-18)9-2-4-12(20)16(24)14(9)22/h2-7H,1H3. The molecule has 2 aromatic carbocycles. The molecule has 0 aliphatic carbocycles. The summed E-state index contributed by atoms with van der Waals surface area (Å²) in [7, 11) is 1.26. The second kappa shape index (κ2) is 8.66. The monoisotopic (exact) mass is 493 g/mol. The Morgan fingerprint density at radius 2 is 1.32 bits per heavy atom. The number of benzene rings is 2. The summed E-state index contributed by atoms with van der Waals surface area (Å²) in [5.74, 6) is -0.635. The molecule has 3 rings (SSSR count). The van der Waals surface area contributed by atoms with Crippen molar-refractivity contribution in [3.05, 3.63) is 72.4 Å². The molecule has 0 aliphatic heterocycles. The fourth-order valence-electron chi connectivity index (χ4n) is 2.56. The first-order valence-corrected chi connectivity index (χ1v) is 9.89. The maximum Gasteiger partial charge on any atom is 0.357 e. The predicted molar refractivity (Wildman–Crippen MR) is 117 cm³/mol. The molecule has 9 heteroatoms. The minimum atomic E-state index is -0.635. The molecule has 1 heterocycles. The molecule has 0 amide bonds. The Labute approximate surface area is 191 Å². The van der Waals surface area contributed by atoms with E-state index in [-0.39, 0.29) is 30.8 Å². The van der Waals surface area contributed by atoms with Crippen LogP contribution in [0.5, 0.6) is 0 Å². The normalized spacial score (nSPS) is 10.8.